The van der Waals surface area contributed by atoms with E-state index in [0.29, 0.717) is 5.02 Å². The van der Waals surface area contributed by atoms with Gasteiger partial charge in [0.2, 0.25) is 0 Å². The van der Waals surface area contributed by atoms with Crippen molar-refractivity contribution >= 4 is 45.8 Å². The van der Waals surface area contributed by atoms with Gasteiger partial charge in [-0.3, -0.25) is 4.90 Å². The van der Waals surface area contributed by atoms with Gasteiger partial charge in [0, 0.05) is 28.2 Å². The Kier molecular flexibility index (Phi) is 4.73. The summed E-state index contributed by atoms with van der Waals surface area (Å²) in [5.74, 6) is 0. The Morgan fingerprint density at radius 2 is 1.94 bits per heavy atom. The average Bonchev–Trinajstić information content (AvgIpc) is 2.27. The monoisotopic (exact) mass is 371 g/mol. The third-order valence-electron chi connectivity index (χ3n) is 2.57. The van der Waals surface area contributed by atoms with Crippen molar-refractivity contribution in [1.29, 1.82) is 0 Å². The molecule has 16 heavy (non-hydrogen) atoms. The molecule has 1 aliphatic heterocycles. The fourth-order valence-electron chi connectivity index (χ4n) is 1.72. The van der Waals surface area contributed by atoms with E-state index in [2.05, 4.69) is 27.5 Å². The molecule has 0 amide bonds. The smallest absolute Gasteiger partial charge is 0.0594 e. The number of nitrogens with zero attached hydrogens (tertiary/aromatic N) is 1. The summed E-state index contributed by atoms with van der Waals surface area (Å²) >= 11 is 14.4. The van der Waals surface area contributed by atoms with Gasteiger partial charge >= 0.3 is 0 Å². The van der Waals surface area contributed by atoms with E-state index in [1.165, 1.54) is 5.56 Å². The fraction of sp³-hybridized carbons (Fsp3) is 0.455. The van der Waals surface area contributed by atoms with Gasteiger partial charge in [0.25, 0.3) is 0 Å². The molecule has 2 nitrogen and oxygen atoms in total. The van der Waals surface area contributed by atoms with Crippen LogP contribution >= 0.6 is 45.8 Å². The van der Waals surface area contributed by atoms with Crippen LogP contribution < -0.4 is 0 Å². The van der Waals surface area contributed by atoms with Crippen LogP contribution in [0.1, 0.15) is 5.56 Å². The third-order valence-corrected chi connectivity index (χ3v) is 4.68. The molecule has 0 aliphatic carbocycles. The van der Waals surface area contributed by atoms with Crippen molar-refractivity contribution < 1.29 is 4.74 Å². The molecule has 0 unspecified atom stereocenters. The maximum Gasteiger partial charge on any atom is 0.0594 e. The zero-order chi connectivity index (χ0) is 11.5. The molecule has 0 atom stereocenters. The zero-order valence-electron chi connectivity index (χ0n) is 8.68. The molecule has 1 aromatic rings. The van der Waals surface area contributed by atoms with Crippen LogP contribution in [0.15, 0.2) is 12.1 Å². The summed E-state index contributed by atoms with van der Waals surface area (Å²) in [4.78, 5) is 2.35. The van der Waals surface area contributed by atoms with Crippen molar-refractivity contribution in [2.24, 2.45) is 0 Å². The fourth-order valence-corrected chi connectivity index (χ4v) is 2.74. The summed E-state index contributed by atoms with van der Waals surface area (Å²) in [6, 6.07) is 3.78. The Labute approximate surface area is 119 Å². The number of halogens is 3. The van der Waals surface area contributed by atoms with Crippen LogP contribution in [-0.4, -0.2) is 31.2 Å². The van der Waals surface area contributed by atoms with Crippen molar-refractivity contribution in [2.45, 2.75) is 6.54 Å². The van der Waals surface area contributed by atoms with E-state index in [4.69, 9.17) is 27.9 Å². The van der Waals surface area contributed by atoms with Crippen molar-refractivity contribution in [2.75, 3.05) is 26.3 Å². The second-order valence-electron chi connectivity index (χ2n) is 3.75. The molecule has 1 aliphatic rings. The Morgan fingerprint density at radius 1 is 1.25 bits per heavy atom. The lowest BCUT2D eigenvalue weighted by Gasteiger charge is -2.27. The average molecular weight is 372 g/mol. The molecule has 1 saturated heterocycles. The Balaban J connectivity index is 2.13. The molecule has 1 heterocycles. The summed E-state index contributed by atoms with van der Waals surface area (Å²) in [5.41, 5.74) is 1.19. The first-order chi connectivity index (χ1) is 7.66. The maximum absolute atomic E-state index is 6.10. The van der Waals surface area contributed by atoms with Crippen molar-refractivity contribution in [3.05, 3.63) is 31.3 Å². The van der Waals surface area contributed by atoms with Gasteiger partial charge in [0.15, 0.2) is 0 Å². The minimum atomic E-state index is 0.702. The number of hydrogen-bond donors (Lipinski definition) is 0. The summed E-state index contributed by atoms with van der Waals surface area (Å²) in [6.45, 7) is 4.46. The molecule has 0 aromatic heterocycles. The zero-order valence-corrected chi connectivity index (χ0v) is 12.3. The van der Waals surface area contributed by atoms with Crippen LogP contribution in [0.3, 0.4) is 0 Å². The molecule has 88 valence electrons. The molecule has 2 rings (SSSR count). The normalized spacial score (nSPS) is 17.7. The Hall–Kier alpha value is 0.450. The molecule has 0 radical (unpaired) electrons. The van der Waals surface area contributed by atoms with Gasteiger partial charge in [-0.2, -0.15) is 0 Å². The summed E-state index contributed by atoms with van der Waals surface area (Å²) in [6.07, 6.45) is 0. The first-order valence-electron chi connectivity index (χ1n) is 5.10. The van der Waals surface area contributed by atoms with Gasteiger partial charge < -0.3 is 4.74 Å². The molecule has 0 saturated carbocycles. The summed E-state index contributed by atoms with van der Waals surface area (Å²) in [5, 5.41) is 1.44. The van der Waals surface area contributed by atoms with E-state index in [1.54, 1.807) is 6.07 Å². The van der Waals surface area contributed by atoms with E-state index >= 15 is 0 Å². The lowest BCUT2D eigenvalue weighted by Crippen LogP contribution is -2.35. The van der Waals surface area contributed by atoms with Gasteiger partial charge in [-0.05, 0) is 40.3 Å². The van der Waals surface area contributed by atoms with E-state index in [1.807, 2.05) is 6.07 Å². The highest BCUT2D eigenvalue weighted by atomic mass is 127. The number of ether oxygens (including phenoxy) is 1. The van der Waals surface area contributed by atoms with Crippen LogP contribution in [0.2, 0.25) is 10.0 Å². The number of rotatable bonds is 2. The van der Waals surface area contributed by atoms with Crippen LogP contribution in [0.25, 0.3) is 0 Å². The SMILES string of the molecule is Clc1cc(Cl)c(I)c(CN2CCOCC2)c1. The molecule has 0 spiro atoms. The largest absolute Gasteiger partial charge is 0.379 e. The third kappa shape index (κ3) is 3.23. The quantitative estimate of drug-likeness (QED) is 0.583. The van der Waals surface area contributed by atoms with Crippen LogP contribution in [0.5, 0.6) is 0 Å². The number of hydrogen-bond acceptors (Lipinski definition) is 2. The molecular weight excluding hydrogens is 360 g/mol. The van der Waals surface area contributed by atoms with E-state index in [0.717, 1.165) is 41.4 Å². The van der Waals surface area contributed by atoms with Crippen molar-refractivity contribution in [3.8, 4) is 0 Å². The van der Waals surface area contributed by atoms with Gasteiger partial charge in [-0.15, -0.1) is 0 Å². The minimum Gasteiger partial charge on any atom is -0.379 e. The predicted molar refractivity (Wildman–Crippen MR) is 75.3 cm³/mol. The van der Waals surface area contributed by atoms with E-state index in [-0.39, 0.29) is 0 Å². The van der Waals surface area contributed by atoms with Crippen molar-refractivity contribution in [1.82, 2.24) is 4.90 Å². The minimum absolute atomic E-state index is 0.702. The highest BCUT2D eigenvalue weighted by Crippen LogP contribution is 2.27. The highest BCUT2D eigenvalue weighted by molar-refractivity contribution is 14.1. The second-order valence-corrected chi connectivity index (χ2v) is 5.67. The van der Waals surface area contributed by atoms with Gasteiger partial charge in [0.05, 0.1) is 18.2 Å². The van der Waals surface area contributed by atoms with E-state index < -0.39 is 0 Å². The molecule has 1 aromatic carbocycles. The van der Waals surface area contributed by atoms with E-state index in [9.17, 15) is 0 Å². The van der Waals surface area contributed by atoms with Crippen LogP contribution in [0.4, 0.5) is 0 Å². The summed E-state index contributed by atoms with van der Waals surface area (Å²) < 4.78 is 6.41. The van der Waals surface area contributed by atoms with Crippen LogP contribution in [-0.2, 0) is 11.3 Å². The molecular formula is C11H12Cl2INO. The lowest BCUT2D eigenvalue weighted by atomic mass is 10.2. The number of morpholine rings is 1. The first kappa shape index (κ1) is 12.9. The maximum atomic E-state index is 6.10. The standard InChI is InChI=1S/C11H12Cl2INO/c12-9-5-8(11(14)10(13)6-9)7-15-1-3-16-4-2-15/h5-6H,1-4,7H2. The van der Waals surface area contributed by atoms with Gasteiger partial charge in [-0.25, -0.2) is 0 Å². The molecule has 0 bridgehead atoms. The molecule has 1 fully saturated rings. The van der Waals surface area contributed by atoms with Gasteiger partial charge in [-0.1, -0.05) is 23.2 Å². The van der Waals surface area contributed by atoms with Crippen LogP contribution in [0, 0.1) is 3.57 Å². The topological polar surface area (TPSA) is 12.5 Å². The Morgan fingerprint density at radius 3 is 2.62 bits per heavy atom. The molecule has 0 N–H and O–H groups in total. The predicted octanol–water partition coefficient (Wildman–Crippen LogP) is 3.43. The lowest BCUT2D eigenvalue weighted by molar-refractivity contribution is 0.0341. The van der Waals surface area contributed by atoms with Gasteiger partial charge in [0.1, 0.15) is 0 Å². The molecule has 5 heteroatoms. The highest BCUT2D eigenvalue weighted by Gasteiger charge is 2.14. The Bertz CT molecular complexity index is 380. The second kappa shape index (κ2) is 5.87. The first-order valence-corrected chi connectivity index (χ1v) is 6.94. The van der Waals surface area contributed by atoms with Crippen molar-refractivity contribution in [3.63, 3.8) is 0 Å². The number of benzene rings is 1. The summed E-state index contributed by atoms with van der Waals surface area (Å²) in [7, 11) is 0.